The highest BCUT2D eigenvalue weighted by molar-refractivity contribution is 7.81. The van der Waals surface area contributed by atoms with Crippen molar-refractivity contribution in [1.29, 1.82) is 0 Å². The van der Waals surface area contributed by atoms with Crippen LogP contribution < -0.4 is 10.6 Å². The summed E-state index contributed by atoms with van der Waals surface area (Å²) >= 11 is 8.62. The highest BCUT2D eigenvalue weighted by Crippen LogP contribution is 2.29. The summed E-state index contributed by atoms with van der Waals surface area (Å²) in [5.74, 6) is 0. The smallest absolute Gasteiger partial charge is 0.0485 e. The second kappa shape index (κ2) is 3.96. The summed E-state index contributed by atoms with van der Waals surface area (Å²) in [4.78, 5) is 1.83. The van der Waals surface area contributed by atoms with Gasteiger partial charge in [-0.2, -0.15) is 0 Å². The van der Waals surface area contributed by atoms with Crippen LogP contribution >= 0.6 is 25.3 Å². The average Bonchev–Trinajstić information content (AvgIpc) is 2.08. The average molecular weight is 200 g/mol. The Labute approximate surface area is 83.6 Å². The molecule has 12 heavy (non-hydrogen) atoms. The number of hydrogen-bond acceptors (Lipinski definition) is 4. The maximum Gasteiger partial charge on any atom is 0.0485 e. The summed E-state index contributed by atoms with van der Waals surface area (Å²) in [7, 11) is 3.72. The van der Waals surface area contributed by atoms with Crippen molar-refractivity contribution < 1.29 is 0 Å². The fourth-order valence-corrected chi connectivity index (χ4v) is 1.59. The molecule has 0 bridgehead atoms. The first-order valence-corrected chi connectivity index (χ1v) is 4.50. The third kappa shape index (κ3) is 1.81. The molecule has 0 aliphatic heterocycles. The van der Waals surface area contributed by atoms with Crippen molar-refractivity contribution in [3.63, 3.8) is 0 Å². The first-order valence-electron chi connectivity index (χ1n) is 3.60. The van der Waals surface area contributed by atoms with Gasteiger partial charge in [-0.05, 0) is 12.1 Å². The maximum atomic E-state index is 4.31. The zero-order valence-corrected chi connectivity index (χ0v) is 8.84. The molecule has 0 saturated carbocycles. The van der Waals surface area contributed by atoms with E-state index < -0.39 is 0 Å². The van der Waals surface area contributed by atoms with Gasteiger partial charge in [-0.1, -0.05) is 0 Å². The van der Waals surface area contributed by atoms with E-state index in [0.29, 0.717) is 0 Å². The van der Waals surface area contributed by atoms with Gasteiger partial charge in [0.05, 0.1) is 0 Å². The minimum absolute atomic E-state index is 0.916. The van der Waals surface area contributed by atoms with Gasteiger partial charge in [-0.25, -0.2) is 0 Å². The zero-order chi connectivity index (χ0) is 9.14. The predicted octanol–water partition coefficient (Wildman–Crippen LogP) is 2.35. The Hall–Kier alpha value is -0.480. The van der Waals surface area contributed by atoms with Crippen molar-refractivity contribution in [2.24, 2.45) is 0 Å². The van der Waals surface area contributed by atoms with Gasteiger partial charge in [0.1, 0.15) is 0 Å². The quantitative estimate of drug-likeness (QED) is 0.551. The van der Waals surface area contributed by atoms with Crippen LogP contribution in [0.15, 0.2) is 21.9 Å². The molecule has 4 heteroatoms. The molecule has 0 saturated heterocycles. The van der Waals surface area contributed by atoms with Crippen LogP contribution in [0.1, 0.15) is 0 Å². The SMILES string of the molecule is CNc1cc(S)c(NC)cc1S. The summed E-state index contributed by atoms with van der Waals surface area (Å²) in [5, 5.41) is 6.07. The molecule has 0 spiro atoms. The first-order chi connectivity index (χ1) is 5.69. The minimum atomic E-state index is 0.916. The number of anilines is 2. The van der Waals surface area contributed by atoms with Crippen LogP contribution in [0.4, 0.5) is 11.4 Å². The van der Waals surface area contributed by atoms with Gasteiger partial charge in [-0.15, -0.1) is 25.3 Å². The minimum Gasteiger partial charge on any atom is -0.387 e. The number of benzene rings is 1. The van der Waals surface area contributed by atoms with Crippen LogP contribution in [-0.2, 0) is 0 Å². The lowest BCUT2D eigenvalue weighted by Crippen LogP contribution is -1.94. The molecule has 0 unspecified atom stereocenters. The third-order valence-corrected chi connectivity index (χ3v) is 2.39. The monoisotopic (exact) mass is 200 g/mol. The van der Waals surface area contributed by atoms with E-state index in [0.717, 1.165) is 21.2 Å². The van der Waals surface area contributed by atoms with Gasteiger partial charge in [0, 0.05) is 35.3 Å². The Morgan fingerprint density at radius 1 is 0.917 bits per heavy atom. The van der Waals surface area contributed by atoms with E-state index in [1.165, 1.54) is 0 Å². The molecule has 0 aromatic heterocycles. The largest absolute Gasteiger partial charge is 0.387 e. The molecule has 0 aliphatic carbocycles. The van der Waals surface area contributed by atoms with Gasteiger partial charge < -0.3 is 10.6 Å². The Morgan fingerprint density at radius 3 is 1.50 bits per heavy atom. The predicted molar refractivity (Wildman–Crippen MR) is 60.0 cm³/mol. The van der Waals surface area contributed by atoms with Crippen LogP contribution in [0.25, 0.3) is 0 Å². The molecule has 0 aliphatic rings. The van der Waals surface area contributed by atoms with Gasteiger partial charge in [-0.3, -0.25) is 0 Å². The third-order valence-electron chi connectivity index (χ3n) is 1.65. The Bertz CT molecular complexity index is 257. The number of hydrogen-bond donors (Lipinski definition) is 4. The highest BCUT2D eigenvalue weighted by atomic mass is 32.1. The summed E-state index contributed by atoms with van der Waals surface area (Å²) in [6, 6.07) is 3.88. The normalized spacial score (nSPS) is 9.67. The van der Waals surface area contributed by atoms with Crippen LogP contribution in [0.5, 0.6) is 0 Å². The summed E-state index contributed by atoms with van der Waals surface area (Å²) in [6.07, 6.45) is 0. The highest BCUT2D eigenvalue weighted by Gasteiger charge is 2.02. The fraction of sp³-hybridized carbons (Fsp3) is 0.250. The van der Waals surface area contributed by atoms with E-state index in [1.807, 2.05) is 26.2 Å². The van der Waals surface area contributed by atoms with E-state index >= 15 is 0 Å². The molecule has 0 heterocycles. The second-order valence-electron chi connectivity index (χ2n) is 2.39. The molecule has 1 rings (SSSR count). The molecule has 2 nitrogen and oxygen atoms in total. The molecule has 1 aromatic carbocycles. The number of thiol groups is 2. The molecule has 0 radical (unpaired) electrons. The Kier molecular flexibility index (Phi) is 3.17. The molecule has 2 N–H and O–H groups in total. The molecule has 1 aromatic rings. The van der Waals surface area contributed by atoms with E-state index in [2.05, 4.69) is 35.9 Å². The van der Waals surface area contributed by atoms with Crippen molar-refractivity contribution in [3.05, 3.63) is 12.1 Å². The van der Waals surface area contributed by atoms with E-state index in [4.69, 9.17) is 0 Å². The lowest BCUT2D eigenvalue weighted by molar-refractivity contribution is 1.30. The van der Waals surface area contributed by atoms with E-state index in [1.54, 1.807) is 0 Å². The van der Waals surface area contributed by atoms with Crippen LogP contribution in [0, 0.1) is 0 Å². The van der Waals surface area contributed by atoms with Gasteiger partial charge in [0.25, 0.3) is 0 Å². The lowest BCUT2D eigenvalue weighted by Gasteiger charge is -2.09. The topological polar surface area (TPSA) is 24.1 Å². The van der Waals surface area contributed by atoms with Crippen LogP contribution in [-0.4, -0.2) is 14.1 Å². The molecule has 0 amide bonds. The van der Waals surface area contributed by atoms with Crippen LogP contribution in [0.3, 0.4) is 0 Å². The first kappa shape index (κ1) is 9.61. The lowest BCUT2D eigenvalue weighted by atomic mass is 10.3. The van der Waals surface area contributed by atoms with E-state index in [-0.39, 0.29) is 0 Å². The summed E-state index contributed by atoms with van der Waals surface area (Å²) in [6.45, 7) is 0. The van der Waals surface area contributed by atoms with E-state index in [9.17, 15) is 0 Å². The molecule has 0 atom stereocenters. The second-order valence-corrected chi connectivity index (χ2v) is 3.35. The molecule has 0 fully saturated rings. The van der Waals surface area contributed by atoms with Crippen molar-refractivity contribution >= 4 is 36.6 Å². The molecular weight excluding hydrogens is 188 g/mol. The summed E-state index contributed by atoms with van der Waals surface area (Å²) < 4.78 is 0. The van der Waals surface area contributed by atoms with Crippen molar-refractivity contribution in [2.45, 2.75) is 9.79 Å². The number of nitrogens with one attached hydrogen (secondary N) is 2. The molecular formula is C8H12N2S2. The number of rotatable bonds is 2. The van der Waals surface area contributed by atoms with Crippen LogP contribution in [0.2, 0.25) is 0 Å². The Morgan fingerprint density at radius 2 is 1.25 bits per heavy atom. The van der Waals surface area contributed by atoms with Gasteiger partial charge in [0.15, 0.2) is 0 Å². The van der Waals surface area contributed by atoms with Gasteiger partial charge in [0.2, 0.25) is 0 Å². The zero-order valence-electron chi connectivity index (χ0n) is 7.05. The maximum absolute atomic E-state index is 4.31. The van der Waals surface area contributed by atoms with Gasteiger partial charge >= 0.3 is 0 Å². The standard InChI is InChI=1S/C8H12N2S2/c1-9-5-3-8(12)6(10-2)4-7(5)11/h3-4,9-12H,1-2H3. The van der Waals surface area contributed by atoms with Crippen molar-refractivity contribution in [1.82, 2.24) is 0 Å². The molecule has 66 valence electrons. The van der Waals surface area contributed by atoms with Crippen molar-refractivity contribution in [3.8, 4) is 0 Å². The fourth-order valence-electron chi connectivity index (χ4n) is 0.977. The summed E-state index contributed by atoms with van der Waals surface area (Å²) in [5.41, 5.74) is 1.98. The van der Waals surface area contributed by atoms with Crippen molar-refractivity contribution in [2.75, 3.05) is 24.7 Å². The Balaban J connectivity index is 3.16.